The maximum atomic E-state index is 13.3. The Balaban J connectivity index is 3.23. The molecule has 0 spiro atoms. The van der Waals surface area contributed by atoms with E-state index in [0.29, 0.717) is 11.1 Å². The van der Waals surface area contributed by atoms with Gasteiger partial charge in [-0.05, 0) is 58.7 Å². The highest BCUT2D eigenvalue weighted by molar-refractivity contribution is 7.54. The smallest absolute Gasteiger partial charge is 0.364 e. The number of carbonyl (C=O) groups excluding carboxylic acids is 1. The summed E-state index contributed by atoms with van der Waals surface area (Å²) in [7, 11) is -3.93. The summed E-state index contributed by atoms with van der Waals surface area (Å²) < 4.78 is 24.6. The van der Waals surface area contributed by atoms with Crippen molar-refractivity contribution in [2.24, 2.45) is 5.73 Å². The van der Waals surface area contributed by atoms with Gasteiger partial charge in [-0.1, -0.05) is 24.3 Å². The first-order valence-corrected chi connectivity index (χ1v) is 9.99. The molecule has 1 aromatic rings. The van der Waals surface area contributed by atoms with Gasteiger partial charge in [0.05, 0.1) is 11.2 Å². The molecule has 1 atom stereocenters. The summed E-state index contributed by atoms with van der Waals surface area (Å²) in [6.45, 7) is 10.3. The lowest BCUT2D eigenvalue weighted by molar-refractivity contribution is -0.114. The van der Waals surface area contributed by atoms with E-state index in [1.165, 1.54) is 18.2 Å². The van der Waals surface area contributed by atoms with Gasteiger partial charge < -0.3 is 19.9 Å². The number of aliphatic hydroxyl groups is 1. The molecule has 1 amide bonds. The lowest BCUT2D eigenvalue weighted by Crippen LogP contribution is -2.26. The molecule has 0 radical (unpaired) electrons. The number of nitriles is 1. The van der Waals surface area contributed by atoms with Gasteiger partial charge in [-0.2, -0.15) is 5.26 Å². The highest BCUT2D eigenvalue weighted by atomic mass is 31.2. The van der Waals surface area contributed by atoms with E-state index in [9.17, 15) is 14.5 Å². The third kappa shape index (κ3) is 7.28. The topological polar surface area (TPSA) is 123 Å². The summed E-state index contributed by atoms with van der Waals surface area (Å²) in [6, 6.07) is 7.90. The lowest BCUT2D eigenvalue weighted by atomic mass is 10.1. The van der Waals surface area contributed by atoms with Crippen LogP contribution in [0.25, 0.3) is 6.08 Å². The zero-order chi connectivity index (χ0) is 21.0. The molecule has 0 bridgehead atoms. The van der Waals surface area contributed by atoms with Crippen molar-refractivity contribution in [1.82, 2.24) is 0 Å². The first-order chi connectivity index (χ1) is 12.2. The molecule has 0 heterocycles. The van der Waals surface area contributed by atoms with Crippen LogP contribution in [-0.4, -0.2) is 22.2 Å². The second-order valence-corrected chi connectivity index (χ2v) is 9.96. The molecule has 0 aliphatic rings. The van der Waals surface area contributed by atoms with Crippen molar-refractivity contribution in [3.63, 3.8) is 0 Å². The van der Waals surface area contributed by atoms with E-state index < -0.39 is 30.6 Å². The SMILES string of the molecule is CC(C)(C)OP(=O)(OC(C)(C)C)C(O)c1ccc(/C=C(\C#N)C(N)=O)cc1. The number of primary amides is 1. The molecule has 8 heteroatoms. The van der Waals surface area contributed by atoms with Crippen molar-refractivity contribution in [1.29, 1.82) is 5.26 Å². The number of amides is 1. The normalized spacial score (nSPS) is 14.5. The molecule has 0 aromatic heterocycles. The van der Waals surface area contributed by atoms with Crippen molar-refractivity contribution in [3.8, 4) is 6.07 Å². The maximum Gasteiger partial charge on any atom is 0.364 e. The number of rotatable bonds is 6. The molecule has 148 valence electrons. The number of nitrogens with two attached hydrogens (primary N) is 1. The highest BCUT2D eigenvalue weighted by Crippen LogP contribution is 2.63. The Bertz CT molecular complexity index is 775. The van der Waals surface area contributed by atoms with Gasteiger partial charge in [-0.25, -0.2) is 0 Å². The van der Waals surface area contributed by atoms with Crippen LogP contribution in [-0.2, 0) is 18.4 Å². The van der Waals surface area contributed by atoms with Crippen LogP contribution in [0.1, 0.15) is 58.5 Å². The van der Waals surface area contributed by atoms with E-state index >= 15 is 0 Å². The summed E-state index contributed by atoms with van der Waals surface area (Å²) in [4.78, 5) is 11.1. The quantitative estimate of drug-likeness (QED) is 0.429. The van der Waals surface area contributed by atoms with Gasteiger partial charge in [0.25, 0.3) is 5.91 Å². The minimum atomic E-state index is -3.93. The molecule has 7 nitrogen and oxygen atoms in total. The van der Waals surface area contributed by atoms with Crippen LogP contribution in [0, 0.1) is 11.3 Å². The van der Waals surface area contributed by atoms with Crippen LogP contribution in [0.2, 0.25) is 0 Å². The van der Waals surface area contributed by atoms with Crippen LogP contribution in [0.4, 0.5) is 0 Å². The summed E-state index contributed by atoms with van der Waals surface area (Å²) >= 11 is 0. The monoisotopic (exact) mass is 394 g/mol. The van der Waals surface area contributed by atoms with E-state index in [4.69, 9.17) is 20.0 Å². The molecule has 1 unspecified atom stereocenters. The van der Waals surface area contributed by atoms with Crippen molar-refractivity contribution in [2.45, 2.75) is 58.6 Å². The predicted octanol–water partition coefficient (Wildman–Crippen LogP) is 3.89. The molecule has 0 aliphatic carbocycles. The minimum Gasteiger partial charge on any atom is -0.376 e. The van der Waals surface area contributed by atoms with E-state index in [1.54, 1.807) is 59.7 Å². The van der Waals surface area contributed by atoms with Crippen LogP contribution < -0.4 is 5.73 Å². The number of benzene rings is 1. The van der Waals surface area contributed by atoms with E-state index in [1.807, 2.05) is 0 Å². The maximum absolute atomic E-state index is 13.3. The standard InChI is InChI=1S/C19H27N2O5P/c1-18(2,3)25-27(24,26-19(4,5)6)17(23)14-9-7-13(8-10-14)11-15(12-20)16(21)22/h7-11,17,23H,1-6H3,(H2,21,22)/b15-11+. The lowest BCUT2D eigenvalue weighted by Gasteiger charge is -2.34. The average molecular weight is 394 g/mol. The van der Waals surface area contributed by atoms with Crippen molar-refractivity contribution in [2.75, 3.05) is 0 Å². The highest BCUT2D eigenvalue weighted by Gasteiger charge is 2.42. The van der Waals surface area contributed by atoms with Gasteiger partial charge in [0.2, 0.25) is 0 Å². The second-order valence-electron chi connectivity index (χ2n) is 8.02. The number of carbonyl (C=O) groups is 1. The Hall–Kier alpha value is -1.97. The van der Waals surface area contributed by atoms with Crippen LogP contribution in [0.5, 0.6) is 0 Å². The van der Waals surface area contributed by atoms with Crippen LogP contribution >= 0.6 is 7.60 Å². The fraction of sp³-hybridized carbons (Fsp3) is 0.474. The van der Waals surface area contributed by atoms with Gasteiger partial charge >= 0.3 is 7.60 Å². The van der Waals surface area contributed by atoms with Crippen molar-refractivity contribution < 1.29 is 23.5 Å². The number of nitrogens with zero attached hydrogens (tertiary/aromatic N) is 1. The molecule has 1 rings (SSSR count). The molecule has 1 aromatic carbocycles. The third-order valence-corrected chi connectivity index (χ3v) is 5.53. The summed E-state index contributed by atoms with van der Waals surface area (Å²) in [5.41, 5.74) is 4.17. The van der Waals surface area contributed by atoms with Crippen LogP contribution in [0.15, 0.2) is 29.8 Å². The first-order valence-electron chi connectivity index (χ1n) is 8.38. The van der Waals surface area contributed by atoms with Crippen molar-refractivity contribution in [3.05, 3.63) is 41.0 Å². The second kappa shape index (κ2) is 8.37. The molecule has 0 saturated heterocycles. The largest absolute Gasteiger partial charge is 0.376 e. The zero-order valence-corrected chi connectivity index (χ0v) is 17.4. The molecule has 3 N–H and O–H groups in total. The molecule has 27 heavy (non-hydrogen) atoms. The van der Waals surface area contributed by atoms with Gasteiger partial charge in [0, 0.05) is 0 Å². The fourth-order valence-electron chi connectivity index (χ4n) is 2.15. The summed E-state index contributed by atoms with van der Waals surface area (Å²) in [5.74, 6) is -2.33. The Morgan fingerprint density at radius 3 is 1.93 bits per heavy atom. The number of aliphatic hydroxyl groups excluding tert-OH is 1. The Morgan fingerprint density at radius 2 is 1.59 bits per heavy atom. The molecular weight excluding hydrogens is 367 g/mol. The van der Waals surface area contributed by atoms with Gasteiger partial charge in [0.1, 0.15) is 11.6 Å². The van der Waals surface area contributed by atoms with E-state index in [2.05, 4.69) is 0 Å². The van der Waals surface area contributed by atoms with E-state index in [-0.39, 0.29) is 5.57 Å². The molecule has 0 aliphatic heterocycles. The van der Waals surface area contributed by atoms with E-state index in [0.717, 1.165) is 0 Å². The minimum absolute atomic E-state index is 0.193. The Morgan fingerprint density at radius 1 is 1.15 bits per heavy atom. The Labute approximate surface area is 160 Å². The van der Waals surface area contributed by atoms with Gasteiger partial charge in [-0.3, -0.25) is 9.36 Å². The average Bonchev–Trinajstić information content (AvgIpc) is 2.48. The molecule has 0 fully saturated rings. The molecule has 0 saturated carbocycles. The Kier molecular flexibility index (Phi) is 7.15. The third-order valence-electron chi connectivity index (χ3n) is 3.03. The van der Waals surface area contributed by atoms with Crippen LogP contribution in [0.3, 0.4) is 0 Å². The van der Waals surface area contributed by atoms with Gasteiger partial charge in [-0.15, -0.1) is 0 Å². The molecular formula is C19H27N2O5P. The van der Waals surface area contributed by atoms with Gasteiger partial charge in [0.15, 0.2) is 5.85 Å². The first kappa shape index (κ1) is 23.1. The number of hydrogen-bond acceptors (Lipinski definition) is 6. The fourth-order valence-corrected chi connectivity index (χ4v) is 4.46. The predicted molar refractivity (Wildman–Crippen MR) is 103 cm³/mol. The summed E-state index contributed by atoms with van der Waals surface area (Å²) in [6.07, 6.45) is 1.33. The summed E-state index contributed by atoms with van der Waals surface area (Å²) in [5, 5.41) is 19.6. The van der Waals surface area contributed by atoms with Crippen molar-refractivity contribution >= 4 is 19.6 Å². The zero-order valence-electron chi connectivity index (χ0n) is 16.5. The number of hydrogen-bond donors (Lipinski definition) is 2.